The number of nitrogens with two attached hydrogens (primary N) is 1. The zero-order chi connectivity index (χ0) is 12.4. The van der Waals surface area contributed by atoms with Crippen LogP contribution in [0.4, 0.5) is 0 Å². The zero-order valence-electron chi connectivity index (χ0n) is 9.91. The van der Waals surface area contributed by atoms with Crippen LogP contribution in [0.5, 0.6) is 11.5 Å². The third-order valence-corrected chi connectivity index (χ3v) is 3.92. The highest BCUT2D eigenvalue weighted by molar-refractivity contribution is 7.09. The number of thiophene rings is 1. The molecule has 1 aromatic carbocycles. The molecule has 94 valence electrons. The predicted octanol–water partition coefficient (Wildman–Crippen LogP) is 2.46. The second-order valence-corrected chi connectivity index (χ2v) is 5.39. The van der Waals surface area contributed by atoms with Crippen LogP contribution in [0.3, 0.4) is 0 Å². The molecule has 18 heavy (non-hydrogen) atoms. The number of hydrogen-bond donors (Lipinski definition) is 1. The van der Waals surface area contributed by atoms with Crippen molar-refractivity contribution in [3.8, 4) is 11.5 Å². The summed E-state index contributed by atoms with van der Waals surface area (Å²) in [4.78, 5) is 1.28. The lowest BCUT2D eigenvalue weighted by molar-refractivity contribution is 0.0724. The van der Waals surface area contributed by atoms with Gasteiger partial charge in [0, 0.05) is 17.3 Å². The predicted molar refractivity (Wildman–Crippen MR) is 72.4 cm³/mol. The Labute approximate surface area is 110 Å². The fourth-order valence-electron chi connectivity index (χ4n) is 2.04. The van der Waals surface area contributed by atoms with Crippen LogP contribution in [-0.2, 0) is 6.42 Å². The fourth-order valence-corrected chi connectivity index (χ4v) is 2.82. The minimum absolute atomic E-state index is 0.0444. The van der Waals surface area contributed by atoms with E-state index in [1.165, 1.54) is 4.88 Å². The van der Waals surface area contributed by atoms with Gasteiger partial charge in [-0.15, -0.1) is 11.3 Å². The van der Waals surface area contributed by atoms with Gasteiger partial charge in [-0.25, -0.2) is 0 Å². The van der Waals surface area contributed by atoms with E-state index < -0.39 is 0 Å². The molecule has 0 saturated heterocycles. The van der Waals surface area contributed by atoms with Crippen LogP contribution < -0.4 is 15.2 Å². The Kier molecular flexibility index (Phi) is 3.21. The van der Waals surface area contributed by atoms with Crippen LogP contribution in [0.15, 0.2) is 41.8 Å². The standard InChI is InChI=1S/C14H15NO2S/c15-11(8-10-4-3-7-18-10)14-9-16-12-5-1-2-6-13(12)17-14/h1-7,11,14H,8-9,15H2. The molecule has 0 fully saturated rings. The van der Waals surface area contributed by atoms with Crippen molar-refractivity contribution in [1.82, 2.24) is 0 Å². The van der Waals surface area contributed by atoms with Crippen LogP contribution in [0, 0.1) is 0 Å². The summed E-state index contributed by atoms with van der Waals surface area (Å²) in [6.07, 6.45) is 0.746. The quantitative estimate of drug-likeness (QED) is 0.923. The molecular weight excluding hydrogens is 246 g/mol. The van der Waals surface area contributed by atoms with E-state index in [4.69, 9.17) is 15.2 Å². The lowest BCUT2D eigenvalue weighted by atomic mass is 10.1. The molecule has 2 heterocycles. The highest BCUT2D eigenvalue weighted by Gasteiger charge is 2.26. The Bertz CT molecular complexity index is 512. The number of benzene rings is 1. The van der Waals surface area contributed by atoms with Gasteiger partial charge in [0.15, 0.2) is 11.5 Å². The van der Waals surface area contributed by atoms with Gasteiger partial charge in [-0.05, 0) is 23.6 Å². The lowest BCUT2D eigenvalue weighted by Crippen LogP contribution is -2.46. The average molecular weight is 261 g/mol. The molecule has 0 radical (unpaired) electrons. The Morgan fingerprint density at radius 1 is 1.22 bits per heavy atom. The van der Waals surface area contributed by atoms with E-state index in [0.717, 1.165) is 17.9 Å². The third-order valence-electron chi connectivity index (χ3n) is 3.03. The molecule has 2 N–H and O–H groups in total. The third kappa shape index (κ3) is 2.35. The molecule has 3 nitrogen and oxygen atoms in total. The summed E-state index contributed by atoms with van der Waals surface area (Å²) in [6.45, 7) is 0.517. The van der Waals surface area contributed by atoms with Crippen molar-refractivity contribution >= 4 is 11.3 Å². The van der Waals surface area contributed by atoms with Crippen molar-refractivity contribution in [2.75, 3.05) is 6.61 Å². The van der Waals surface area contributed by atoms with Gasteiger partial charge in [-0.3, -0.25) is 0 Å². The average Bonchev–Trinajstić information content (AvgIpc) is 2.91. The first-order valence-corrected chi connectivity index (χ1v) is 6.87. The van der Waals surface area contributed by atoms with Crippen molar-refractivity contribution in [1.29, 1.82) is 0 Å². The van der Waals surface area contributed by atoms with E-state index in [0.29, 0.717) is 6.61 Å². The van der Waals surface area contributed by atoms with Crippen LogP contribution in [0.25, 0.3) is 0 Å². The van der Waals surface area contributed by atoms with Gasteiger partial charge in [-0.1, -0.05) is 18.2 Å². The minimum Gasteiger partial charge on any atom is -0.486 e. The van der Waals surface area contributed by atoms with E-state index >= 15 is 0 Å². The van der Waals surface area contributed by atoms with E-state index in [1.54, 1.807) is 11.3 Å². The zero-order valence-corrected chi connectivity index (χ0v) is 10.7. The Hall–Kier alpha value is -1.52. The highest BCUT2D eigenvalue weighted by Crippen LogP contribution is 2.31. The molecule has 3 rings (SSSR count). The van der Waals surface area contributed by atoms with Crippen molar-refractivity contribution in [2.24, 2.45) is 5.73 Å². The molecule has 0 saturated carbocycles. The smallest absolute Gasteiger partial charge is 0.161 e. The first-order chi connectivity index (χ1) is 8.83. The molecule has 0 spiro atoms. The number of rotatable bonds is 3. The van der Waals surface area contributed by atoms with Crippen LogP contribution >= 0.6 is 11.3 Å². The summed E-state index contributed by atoms with van der Waals surface area (Å²) >= 11 is 1.72. The van der Waals surface area contributed by atoms with E-state index in [-0.39, 0.29) is 12.1 Å². The van der Waals surface area contributed by atoms with Gasteiger partial charge in [-0.2, -0.15) is 0 Å². The van der Waals surface area contributed by atoms with Gasteiger partial charge < -0.3 is 15.2 Å². The second-order valence-electron chi connectivity index (χ2n) is 4.36. The maximum Gasteiger partial charge on any atom is 0.161 e. The molecule has 0 aliphatic carbocycles. The minimum atomic E-state index is -0.0815. The van der Waals surface area contributed by atoms with Gasteiger partial charge in [0.05, 0.1) is 0 Å². The van der Waals surface area contributed by atoms with E-state index in [1.807, 2.05) is 30.3 Å². The number of ether oxygens (including phenoxy) is 2. The maximum atomic E-state index is 6.20. The summed E-state index contributed by atoms with van der Waals surface area (Å²) in [5, 5.41) is 2.07. The van der Waals surface area contributed by atoms with Crippen molar-refractivity contribution in [3.63, 3.8) is 0 Å². The first-order valence-electron chi connectivity index (χ1n) is 5.99. The largest absolute Gasteiger partial charge is 0.486 e. The Balaban J connectivity index is 1.68. The van der Waals surface area contributed by atoms with Gasteiger partial charge in [0.1, 0.15) is 12.7 Å². The van der Waals surface area contributed by atoms with Crippen molar-refractivity contribution in [3.05, 3.63) is 46.7 Å². The summed E-state index contributed by atoms with van der Waals surface area (Å²) < 4.78 is 11.6. The first kappa shape index (κ1) is 11.6. The molecule has 0 amide bonds. The molecule has 1 aliphatic rings. The van der Waals surface area contributed by atoms with Gasteiger partial charge in [0.25, 0.3) is 0 Å². The van der Waals surface area contributed by atoms with Crippen molar-refractivity contribution in [2.45, 2.75) is 18.6 Å². The molecular formula is C14H15NO2S. The number of fused-ring (bicyclic) bond motifs is 1. The molecule has 1 aliphatic heterocycles. The van der Waals surface area contributed by atoms with Crippen molar-refractivity contribution < 1.29 is 9.47 Å². The second kappa shape index (κ2) is 5.00. The normalized spacial score (nSPS) is 19.5. The molecule has 0 bridgehead atoms. The molecule has 2 unspecified atom stereocenters. The van der Waals surface area contributed by atoms with E-state index in [2.05, 4.69) is 11.4 Å². The SMILES string of the molecule is NC(Cc1cccs1)C1COc2ccccc2O1. The highest BCUT2D eigenvalue weighted by atomic mass is 32.1. The fraction of sp³-hybridized carbons (Fsp3) is 0.286. The monoisotopic (exact) mass is 261 g/mol. The molecule has 1 aromatic heterocycles. The maximum absolute atomic E-state index is 6.20. The Morgan fingerprint density at radius 3 is 2.83 bits per heavy atom. The molecule has 2 aromatic rings. The number of hydrogen-bond acceptors (Lipinski definition) is 4. The van der Waals surface area contributed by atoms with Gasteiger partial charge in [0.2, 0.25) is 0 Å². The van der Waals surface area contributed by atoms with Crippen LogP contribution in [0.1, 0.15) is 4.88 Å². The summed E-state index contributed by atoms with van der Waals surface area (Å²) in [5.41, 5.74) is 6.20. The van der Waals surface area contributed by atoms with E-state index in [9.17, 15) is 0 Å². The van der Waals surface area contributed by atoms with Crippen LogP contribution in [-0.4, -0.2) is 18.8 Å². The summed E-state index contributed by atoms with van der Waals surface area (Å²) in [6, 6.07) is 11.8. The summed E-state index contributed by atoms with van der Waals surface area (Å²) in [7, 11) is 0. The van der Waals surface area contributed by atoms with Gasteiger partial charge >= 0.3 is 0 Å². The molecule has 2 atom stereocenters. The Morgan fingerprint density at radius 2 is 2.06 bits per heavy atom. The van der Waals surface area contributed by atoms with Crippen LogP contribution in [0.2, 0.25) is 0 Å². The topological polar surface area (TPSA) is 44.5 Å². The lowest BCUT2D eigenvalue weighted by Gasteiger charge is -2.30. The summed E-state index contributed by atoms with van der Waals surface area (Å²) in [5.74, 6) is 1.59. The molecule has 4 heteroatoms. The number of para-hydroxylation sites is 2.